The molecule has 1 unspecified atom stereocenters. The molecule has 2 aromatic rings. The average Bonchev–Trinajstić information content (AvgIpc) is 2.39. The van der Waals surface area contributed by atoms with E-state index in [0.717, 1.165) is 22.1 Å². The van der Waals surface area contributed by atoms with E-state index >= 15 is 0 Å². The lowest BCUT2D eigenvalue weighted by Gasteiger charge is -2.28. The third kappa shape index (κ3) is 2.24. The third-order valence-corrected chi connectivity index (χ3v) is 3.29. The summed E-state index contributed by atoms with van der Waals surface area (Å²) in [5, 5.41) is 2.10. The number of nitrogens with two attached hydrogens (primary N) is 1. The summed E-state index contributed by atoms with van der Waals surface area (Å²) in [4.78, 5) is 6.24. The van der Waals surface area contributed by atoms with Crippen LogP contribution in [0.3, 0.4) is 0 Å². The van der Waals surface area contributed by atoms with Gasteiger partial charge in [0.25, 0.3) is 0 Å². The fraction of sp³-hybridized carbons (Fsp3) is 0.357. The molecule has 0 saturated carbocycles. The largest absolute Gasteiger partial charge is 0.397 e. The minimum atomic E-state index is 0.275. The number of rotatable bonds is 4. The Balaban J connectivity index is 2.42. The van der Waals surface area contributed by atoms with E-state index in [2.05, 4.69) is 16.8 Å². The zero-order valence-corrected chi connectivity index (χ0v) is 11.1. The number of aromatic nitrogens is 1. The average molecular weight is 245 g/mol. The van der Waals surface area contributed by atoms with Crippen LogP contribution in [0, 0.1) is 0 Å². The zero-order chi connectivity index (χ0) is 13.1. The van der Waals surface area contributed by atoms with Crippen molar-refractivity contribution < 1.29 is 4.74 Å². The molecule has 0 amide bonds. The van der Waals surface area contributed by atoms with Gasteiger partial charge in [0.1, 0.15) is 0 Å². The number of anilines is 2. The van der Waals surface area contributed by atoms with Gasteiger partial charge in [-0.2, -0.15) is 0 Å². The smallest absolute Gasteiger partial charge is 0.0663 e. The maximum Gasteiger partial charge on any atom is 0.0663 e. The molecule has 0 fully saturated rings. The van der Waals surface area contributed by atoms with Crippen LogP contribution in [0.5, 0.6) is 0 Å². The highest BCUT2D eigenvalue weighted by Gasteiger charge is 2.13. The topological polar surface area (TPSA) is 51.4 Å². The number of benzene rings is 1. The van der Waals surface area contributed by atoms with Gasteiger partial charge in [0.2, 0.25) is 0 Å². The van der Waals surface area contributed by atoms with Crippen LogP contribution in [-0.4, -0.2) is 31.8 Å². The summed E-state index contributed by atoms with van der Waals surface area (Å²) in [5.41, 5.74) is 8.06. The third-order valence-electron chi connectivity index (χ3n) is 3.29. The maximum absolute atomic E-state index is 6.24. The van der Waals surface area contributed by atoms with E-state index < -0.39 is 0 Å². The molecule has 0 saturated heterocycles. The number of pyridine rings is 1. The highest BCUT2D eigenvalue weighted by molar-refractivity contribution is 5.98. The second-order valence-electron chi connectivity index (χ2n) is 4.51. The Morgan fingerprint density at radius 2 is 2.17 bits per heavy atom. The van der Waals surface area contributed by atoms with Crippen molar-refractivity contribution in [1.82, 2.24) is 4.98 Å². The minimum Gasteiger partial charge on any atom is -0.397 e. The quantitative estimate of drug-likeness (QED) is 0.840. The van der Waals surface area contributed by atoms with Gasteiger partial charge in [0.05, 0.1) is 18.0 Å². The van der Waals surface area contributed by atoms with E-state index in [1.54, 1.807) is 13.3 Å². The lowest BCUT2D eigenvalue weighted by molar-refractivity contribution is 0.183. The number of nitrogens with zero attached hydrogens (tertiary/aromatic N) is 2. The molecule has 1 aromatic carbocycles. The molecule has 0 spiro atoms. The van der Waals surface area contributed by atoms with Crippen LogP contribution in [-0.2, 0) is 4.74 Å². The van der Waals surface area contributed by atoms with Gasteiger partial charge in [-0.15, -0.1) is 0 Å². The SMILES string of the molecule is COCC(C)N(C)c1ccc2cnccc2c1N. The maximum atomic E-state index is 6.24. The molecule has 0 bridgehead atoms. The van der Waals surface area contributed by atoms with Crippen LogP contribution in [0.1, 0.15) is 6.92 Å². The zero-order valence-electron chi connectivity index (χ0n) is 11.1. The predicted octanol–water partition coefficient (Wildman–Crippen LogP) is 2.29. The molecule has 18 heavy (non-hydrogen) atoms. The standard InChI is InChI=1S/C14H19N3O/c1-10(9-18-3)17(2)13-5-4-11-8-16-7-6-12(11)14(13)15/h4-8,10H,9,15H2,1-3H3. The summed E-state index contributed by atoms with van der Waals surface area (Å²) in [6, 6.07) is 6.30. The monoisotopic (exact) mass is 245 g/mol. The van der Waals surface area contributed by atoms with Crippen molar-refractivity contribution in [2.45, 2.75) is 13.0 Å². The molecule has 2 N–H and O–H groups in total. The van der Waals surface area contributed by atoms with Crippen LogP contribution in [0.4, 0.5) is 11.4 Å². The fourth-order valence-corrected chi connectivity index (χ4v) is 2.08. The molecular formula is C14H19N3O. The van der Waals surface area contributed by atoms with Crippen LogP contribution in [0.25, 0.3) is 10.8 Å². The van der Waals surface area contributed by atoms with Crippen molar-refractivity contribution in [2.24, 2.45) is 0 Å². The van der Waals surface area contributed by atoms with E-state index in [0.29, 0.717) is 6.61 Å². The van der Waals surface area contributed by atoms with Crippen molar-refractivity contribution in [3.8, 4) is 0 Å². The Bertz CT molecular complexity index is 542. The Hall–Kier alpha value is -1.81. The van der Waals surface area contributed by atoms with Crippen molar-refractivity contribution in [1.29, 1.82) is 0 Å². The van der Waals surface area contributed by atoms with Gasteiger partial charge in [-0.3, -0.25) is 4.98 Å². The number of methoxy groups -OCH3 is 1. The summed E-state index contributed by atoms with van der Waals surface area (Å²) in [5.74, 6) is 0. The van der Waals surface area contributed by atoms with Crippen LogP contribution >= 0.6 is 0 Å². The van der Waals surface area contributed by atoms with E-state index in [4.69, 9.17) is 10.5 Å². The number of hydrogen-bond acceptors (Lipinski definition) is 4. The van der Waals surface area contributed by atoms with Gasteiger partial charge >= 0.3 is 0 Å². The minimum absolute atomic E-state index is 0.275. The van der Waals surface area contributed by atoms with Gasteiger partial charge < -0.3 is 15.4 Å². The van der Waals surface area contributed by atoms with E-state index in [9.17, 15) is 0 Å². The summed E-state index contributed by atoms with van der Waals surface area (Å²) in [7, 11) is 3.74. The first-order valence-corrected chi connectivity index (χ1v) is 5.99. The Kier molecular flexibility index (Phi) is 3.67. The van der Waals surface area contributed by atoms with Gasteiger partial charge in [-0.25, -0.2) is 0 Å². The van der Waals surface area contributed by atoms with Crippen LogP contribution < -0.4 is 10.6 Å². The second kappa shape index (κ2) is 5.23. The lowest BCUT2D eigenvalue weighted by Crippen LogP contribution is -2.33. The van der Waals surface area contributed by atoms with E-state index in [-0.39, 0.29) is 6.04 Å². The molecule has 4 heteroatoms. The number of likely N-dealkylation sites (N-methyl/N-ethyl adjacent to an activating group) is 1. The molecule has 0 aliphatic carbocycles. The Morgan fingerprint density at radius 3 is 2.89 bits per heavy atom. The van der Waals surface area contributed by atoms with Crippen molar-refractivity contribution in [3.63, 3.8) is 0 Å². The Labute approximate surface area is 107 Å². The van der Waals surface area contributed by atoms with Crippen LogP contribution in [0.15, 0.2) is 30.6 Å². The first-order chi connectivity index (χ1) is 8.65. The normalized spacial score (nSPS) is 12.6. The first-order valence-electron chi connectivity index (χ1n) is 5.99. The predicted molar refractivity (Wildman–Crippen MR) is 75.9 cm³/mol. The summed E-state index contributed by atoms with van der Waals surface area (Å²) >= 11 is 0. The van der Waals surface area contributed by atoms with Gasteiger partial charge in [0.15, 0.2) is 0 Å². The number of fused-ring (bicyclic) bond motifs is 1. The van der Waals surface area contributed by atoms with Crippen molar-refractivity contribution in [3.05, 3.63) is 30.6 Å². The molecule has 1 atom stereocenters. The lowest BCUT2D eigenvalue weighted by atomic mass is 10.1. The number of nitrogen functional groups attached to an aromatic ring is 1. The van der Waals surface area contributed by atoms with Crippen molar-refractivity contribution in [2.75, 3.05) is 31.4 Å². The summed E-state index contributed by atoms with van der Waals surface area (Å²) in [6.07, 6.45) is 3.59. The highest BCUT2D eigenvalue weighted by Crippen LogP contribution is 2.31. The summed E-state index contributed by atoms with van der Waals surface area (Å²) < 4.78 is 5.18. The van der Waals surface area contributed by atoms with E-state index in [1.165, 1.54) is 0 Å². The number of ether oxygens (including phenoxy) is 1. The molecule has 2 rings (SSSR count). The molecule has 96 valence electrons. The highest BCUT2D eigenvalue weighted by atomic mass is 16.5. The first kappa shape index (κ1) is 12.6. The molecule has 1 aromatic heterocycles. The van der Waals surface area contributed by atoms with Crippen molar-refractivity contribution >= 4 is 22.1 Å². The molecule has 1 heterocycles. The van der Waals surface area contributed by atoms with Gasteiger partial charge in [-0.1, -0.05) is 6.07 Å². The van der Waals surface area contributed by atoms with E-state index in [1.807, 2.05) is 31.4 Å². The fourth-order valence-electron chi connectivity index (χ4n) is 2.08. The molecule has 0 aliphatic heterocycles. The number of hydrogen-bond donors (Lipinski definition) is 1. The Morgan fingerprint density at radius 1 is 1.39 bits per heavy atom. The summed E-state index contributed by atoms with van der Waals surface area (Å²) in [6.45, 7) is 2.78. The second-order valence-corrected chi connectivity index (χ2v) is 4.51. The van der Waals surface area contributed by atoms with Gasteiger partial charge in [0, 0.05) is 43.4 Å². The van der Waals surface area contributed by atoms with Crippen LogP contribution in [0.2, 0.25) is 0 Å². The van der Waals surface area contributed by atoms with Gasteiger partial charge in [-0.05, 0) is 19.1 Å². The molecule has 0 aliphatic rings. The molecule has 4 nitrogen and oxygen atoms in total. The molecule has 0 radical (unpaired) electrons. The molecular weight excluding hydrogens is 226 g/mol.